The van der Waals surface area contributed by atoms with E-state index in [0.29, 0.717) is 0 Å². The topological polar surface area (TPSA) is 15.3 Å². The van der Waals surface area contributed by atoms with Gasteiger partial charge in [-0.15, -0.1) is 0 Å². The molecular formula is C18H29FN2. The molecule has 1 unspecified atom stereocenters. The van der Waals surface area contributed by atoms with Crippen LogP contribution in [0.5, 0.6) is 0 Å². The fourth-order valence-electron chi connectivity index (χ4n) is 3.93. The van der Waals surface area contributed by atoms with Gasteiger partial charge in [0.25, 0.3) is 0 Å². The van der Waals surface area contributed by atoms with Crippen molar-refractivity contribution in [2.45, 2.75) is 51.1 Å². The molecule has 1 aliphatic rings. The molecule has 0 radical (unpaired) electrons. The largest absolute Gasteiger partial charge is 0.311 e. The number of rotatable bonds is 4. The standard InChI is InChI=1S/C18H29FN2/c1-13-8-10-18(11-9-13,21(4)5)17(20-3)16-7-6-15(19)12-14(16)2/h6-7,12-13,17,20H,8-11H2,1-5H3. The highest BCUT2D eigenvalue weighted by atomic mass is 19.1. The lowest BCUT2D eigenvalue weighted by Crippen LogP contribution is -2.55. The normalized spacial score (nSPS) is 27.9. The van der Waals surface area contributed by atoms with E-state index in [2.05, 4.69) is 31.2 Å². The van der Waals surface area contributed by atoms with Crippen molar-refractivity contribution >= 4 is 0 Å². The Labute approximate surface area is 128 Å². The summed E-state index contributed by atoms with van der Waals surface area (Å²) in [5.74, 6) is 0.659. The Hall–Kier alpha value is -0.930. The van der Waals surface area contributed by atoms with Gasteiger partial charge in [0.05, 0.1) is 6.04 Å². The van der Waals surface area contributed by atoms with Crippen molar-refractivity contribution in [3.8, 4) is 0 Å². The fraction of sp³-hybridized carbons (Fsp3) is 0.667. The van der Waals surface area contributed by atoms with E-state index in [1.54, 1.807) is 12.1 Å². The summed E-state index contributed by atoms with van der Waals surface area (Å²) in [5.41, 5.74) is 2.38. The van der Waals surface area contributed by atoms with Gasteiger partial charge < -0.3 is 10.2 Å². The number of halogens is 1. The minimum absolute atomic E-state index is 0.115. The molecule has 2 rings (SSSR count). The van der Waals surface area contributed by atoms with Crippen LogP contribution in [0.25, 0.3) is 0 Å². The number of hydrogen-bond donors (Lipinski definition) is 1. The maximum atomic E-state index is 13.4. The van der Waals surface area contributed by atoms with Gasteiger partial charge in [0.2, 0.25) is 0 Å². The molecule has 0 bridgehead atoms. The lowest BCUT2D eigenvalue weighted by molar-refractivity contribution is 0.0453. The van der Waals surface area contributed by atoms with Crippen LogP contribution in [0.1, 0.15) is 49.8 Å². The molecule has 1 saturated carbocycles. The molecular weight excluding hydrogens is 263 g/mol. The monoisotopic (exact) mass is 292 g/mol. The molecule has 1 atom stereocenters. The Bertz CT molecular complexity index is 476. The molecule has 0 aliphatic heterocycles. The summed E-state index contributed by atoms with van der Waals surface area (Å²) in [7, 11) is 6.38. The highest BCUT2D eigenvalue weighted by Crippen LogP contribution is 2.44. The molecule has 1 fully saturated rings. The second kappa shape index (κ2) is 6.45. The predicted molar refractivity (Wildman–Crippen MR) is 87.0 cm³/mol. The van der Waals surface area contributed by atoms with E-state index in [-0.39, 0.29) is 17.4 Å². The summed E-state index contributed by atoms with van der Waals surface area (Å²) in [6.45, 7) is 4.36. The number of benzene rings is 1. The van der Waals surface area contributed by atoms with Crippen LogP contribution >= 0.6 is 0 Å². The Morgan fingerprint density at radius 1 is 1.29 bits per heavy atom. The number of nitrogens with zero attached hydrogens (tertiary/aromatic N) is 1. The third kappa shape index (κ3) is 3.14. The lowest BCUT2D eigenvalue weighted by Gasteiger charge is -2.50. The van der Waals surface area contributed by atoms with Crippen LogP contribution in [0.4, 0.5) is 4.39 Å². The van der Waals surface area contributed by atoms with Crippen LogP contribution in [0, 0.1) is 18.7 Å². The predicted octanol–water partition coefficient (Wildman–Crippen LogP) is 3.91. The molecule has 0 saturated heterocycles. The molecule has 0 heterocycles. The molecule has 1 N–H and O–H groups in total. The second-order valence-electron chi connectivity index (χ2n) is 6.90. The fourth-order valence-corrected chi connectivity index (χ4v) is 3.93. The Morgan fingerprint density at radius 2 is 1.90 bits per heavy atom. The summed E-state index contributed by atoms with van der Waals surface area (Å²) < 4.78 is 13.4. The maximum absolute atomic E-state index is 13.4. The highest BCUT2D eigenvalue weighted by Gasteiger charge is 2.43. The smallest absolute Gasteiger partial charge is 0.123 e. The summed E-state index contributed by atoms with van der Waals surface area (Å²) in [4.78, 5) is 2.38. The highest BCUT2D eigenvalue weighted by molar-refractivity contribution is 5.32. The van der Waals surface area contributed by atoms with Crippen molar-refractivity contribution in [3.63, 3.8) is 0 Å². The molecule has 21 heavy (non-hydrogen) atoms. The first-order chi connectivity index (χ1) is 9.90. The number of nitrogens with one attached hydrogen (secondary N) is 1. The average Bonchev–Trinajstić information content (AvgIpc) is 2.43. The molecule has 2 nitrogen and oxygen atoms in total. The summed E-state index contributed by atoms with van der Waals surface area (Å²) in [6.07, 6.45) is 4.89. The Kier molecular flexibility index (Phi) is 5.05. The van der Waals surface area contributed by atoms with Gasteiger partial charge in [0.15, 0.2) is 0 Å². The average molecular weight is 292 g/mol. The summed E-state index contributed by atoms with van der Waals surface area (Å²) >= 11 is 0. The first-order valence-corrected chi connectivity index (χ1v) is 8.01. The second-order valence-corrected chi connectivity index (χ2v) is 6.90. The van der Waals surface area contributed by atoms with Gasteiger partial charge in [-0.3, -0.25) is 0 Å². The third-order valence-electron chi connectivity index (χ3n) is 5.40. The zero-order valence-corrected chi connectivity index (χ0v) is 14.0. The van der Waals surface area contributed by atoms with Gasteiger partial charge in [-0.2, -0.15) is 0 Å². The third-order valence-corrected chi connectivity index (χ3v) is 5.40. The van der Waals surface area contributed by atoms with Crippen LogP contribution in [0.3, 0.4) is 0 Å². The van der Waals surface area contributed by atoms with E-state index in [1.807, 2.05) is 20.0 Å². The molecule has 118 valence electrons. The van der Waals surface area contributed by atoms with Crippen LogP contribution in [0.2, 0.25) is 0 Å². The Morgan fingerprint density at radius 3 is 2.38 bits per heavy atom. The Balaban J connectivity index is 2.41. The minimum atomic E-state index is -0.151. The van der Waals surface area contributed by atoms with E-state index in [0.717, 1.165) is 11.5 Å². The van der Waals surface area contributed by atoms with Crippen LogP contribution in [-0.2, 0) is 0 Å². The van der Waals surface area contributed by atoms with Crippen molar-refractivity contribution in [2.24, 2.45) is 5.92 Å². The van der Waals surface area contributed by atoms with Gasteiger partial charge in [-0.1, -0.05) is 13.0 Å². The van der Waals surface area contributed by atoms with E-state index in [4.69, 9.17) is 0 Å². The van der Waals surface area contributed by atoms with E-state index in [9.17, 15) is 4.39 Å². The number of likely N-dealkylation sites (N-methyl/N-ethyl adjacent to an activating group) is 2. The minimum Gasteiger partial charge on any atom is -0.311 e. The van der Waals surface area contributed by atoms with Crippen molar-refractivity contribution in [1.29, 1.82) is 0 Å². The number of aryl methyl sites for hydroxylation is 1. The van der Waals surface area contributed by atoms with Crippen LogP contribution < -0.4 is 5.32 Å². The van der Waals surface area contributed by atoms with Gasteiger partial charge >= 0.3 is 0 Å². The SMILES string of the molecule is CNC(c1ccc(F)cc1C)C1(N(C)C)CCC(C)CC1. The van der Waals surface area contributed by atoms with Crippen LogP contribution in [0.15, 0.2) is 18.2 Å². The van der Waals surface area contributed by atoms with Gasteiger partial charge in [0, 0.05) is 5.54 Å². The van der Waals surface area contributed by atoms with E-state index in [1.165, 1.54) is 31.2 Å². The van der Waals surface area contributed by atoms with Gasteiger partial charge in [0.1, 0.15) is 5.82 Å². The number of hydrogen-bond acceptors (Lipinski definition) is 2. The van der Waals surface area contributed by atoms with Gasteiger partial charge in [-0.25, -0.2) is 4.39 Å². The maximum Gasteiger partial charge on any atom is 0.123 e. The molecule has 0 aromatic heterocycles. The van der Waals surface area contributed by atoms with Crippen molar-refractivity contribution in [3.05, 3.63) is 35.1 Å². The molecule has 1 aromatic rings. The van der Waals surface area contributed by atoms with Gasteiger partial charge in [-0.05, 0) is 82.9 Å². The molecule has 1 aromatic carbocycles. The molecule has 0 spiro atoms. The quantitative estimate of drug-likeness (QED) is 0.905. The van der Waals surface area contributed by atoms with E-state index >= 15 is 0 Å². The molecule has 0 amide bonds. The zero-order valence-electron chi connectivity index (χ0n) is 14.0. The van der Waals surface area contributed by atoms with Crippen molar-refractivity contribution in [2.75, 3.05) is 21.1 Å². The van der Waals surface area contributed by atoms with Crippen LogP contribution in [-0.4, -0.2) is 31.6 Å². The summed E-state index contributed by atoms with van der Waals surface area (Å²) in [6, 6.07) is 5.42. The molecule has 1 aliphatic carbocycles. The summed E-state index contributed by atoms with van der Waals surface area (Å²) in [5, 5.41) is 3.52. The van der Waals surface area contributed by atoms with Crippen molar-refractivity contribution in [1.82, 2.24) is 10.2 Å². The van der Waals surface area contributed by atoms with E-state index < -0.39 is 0 Å². The zero-order chi connectivity index (χ0) is 15.6. The first-order valence-electron chi connectivity index (χ1n) is 8.01. The van der Waals surface area contributed by atoms with Crippen molar-refractivity contribution < 1.29 is 4.39 Å². The first kappa shape index (κ1) is 16.4. The molecule has 3 heteroatoms. The lowest BCUT2D eigenvalue weighted by atomic mass is 9.70.